The van der Waals surface area contributed by atoms with Crippen LogP contribution in [0.2, 0.25) is 0 Å². The first-order chi connectivity index (χ1) is 10.6. The number of thiazole rings is 1. The molecule has 0 aliphatic heterocycles. The van der Waals surface area contributed by atoms with Gasteiger partial charge in [-0.2, -0.15) is 5.26 Å². The number of nitrogens with zero attached hydrogens (tertiary/aromatic N) is 2. The van der Waals surface area contributed by atoms with Gasteiger partial charge < -0.3 is 10.4 Å². The molecule has 0 amide bonds. The lowest BCUT2D eigenvalue weighted by Gasteiger charge is -1.97. The highest BCUT2D eigenvalue weighted by atomic mass is 32.1. The second kappa shape index (κ2) is 6.74. The van der Waals surface area contributed by atoms with Crippen LogP contribution in [0.5, 0.6) is 0 Å². The molecule has 7 heteroatoms. The maximum atomic E-state index is 12.3. The largest absolute Gasteiger partial charge is 0.477 e. The molecule has 0 saturated carbocycles. The Morgan fingerprint density at radius 3 is 2.68 bits per heavy atom. The smallest absolute Gasteiger partial charge is 0.349 e. The van der Waals surface area contributed by atoms with Crippen molar-refractivity contribution < 1.29 is 9.90 Å². The number of nitrogens with one attached hydrogen (secondary N) is 1. The Morgan fingerprint density at radius 1 is 1.45 bits per heavy atom. The summed E-state index contributed by atoms with van der Waals surface area (Å²) < 4.78 is 1.79. The molecule has 0 atom stereocenters. The number of rotatable bonds is 4. The molecule has 22 heavy (non-hydrogen) atoms. The van der Waals surface area contributed by atoms with Crippen molar-refractivity contribution in [3.8, 4) is 6.07 Å². The van der Waals surface area contributed by atoms with Gasteiger partial charge >= 0.3 is 5.97 Å². The van der Waals surface area contributed by atoms with Crippen LogP contribution in [0, 0.1) is 11.3 Å². The van der Waals surface area contributed by atoms with Gasteiger partial charge in [-0.25, -0.2) is 4.79 Å². The maximum Gasteiger partial charge on any atom is 0.349 e. The summed E-state index contributed by atoms with van der Waals surface area (Å²) in [6.45, 7) is 2.02. The Bertz CT molecular complexity index is 904. The average molecular weight is 315 g/mol. The third-order valence-electron chi connectivity index (χ3n) is 2.91. The minimum atomic E-state index is -1.34. The number of carboxylic acids is 1. The average Bonchev–Trinajstić information content (AvgIpc) is 2.82. The number of aliphatic carboxylic acids is 1. The Morgan fingerprint density at radius 2 is 2.14 bits per heavy atom. The molecular formula is C15H13N3O3S. The lowest BCUT2D eigenvalue weighted by molar-refractivity contribution is -0.130. The van der Waals surface area contributed by atoms with Crippen LogP contribution in [0.1, 0.15) is 6.92 Å². The van der Waals surface area contributed by atoms with E-state index in [0.29, 0.717) is 11.1 Å². The van der Waals surface area contributed by atoms with Crippen molar-refractivity contribution in [3.63, 3.8) is 0 Å². The Labute approximate surface area is 129 Å². The van der Waals surface area contributed by atoms with Gasteiger partial charge in [0.05, 0.1) is 0 Å². The molecule has 1 aromatic heterocycles. The van der Waals surface area contributed by atoms with Crippen LogP contribution in [0.25, 0.3) is 11.8 Å². The summed E-state index contributed by atoms with van der Waals surface area (Å²) in [6, 6.07) is 10.9. The molecule has 112 valence electrons. The molecule has 2 aromatic rings. The van der Waals surface area contributed by atoms with Crippen LogP contribution in [-0.2, 0) is 11.3 Å². The number of benzene rings is 1. The number of hydrogen-bond acceptors (Lipinski definition) is 5. The van der Waals surface area contributed by atoms with Gasteiger partial charge in [0.2, 0.25) is 0 Å². The first-order valence-corrected chi connectivity index (χ1v) is 7.29. The standard InChI is InChI=1S/C15H13N3O3S/c1-2-18-13(19)12(9-17-10-6-4-3-5-7-10)22-14(18)11(8-16)15(20)21/h3-7,9,17H,2H2,1H3,(H,20,21)/b12-9-,14-11?. The number of para-hydroxylation sites is 1. The fourth-order valence-corrected chi connectivity index (χ4v) is 2.94. The van der Waals surface area contributed by atoms with Crippen molar-refractivity contribution in [1.29, 1.82) is 5.26 Å². The van der Waals surface area contributed by atoms with Gasteiger partial charge in [0, 0.05) is 18.4 Å². The van der Waals surface area contributed by atoms with Crippen LogP contribution in [-0.4, -0.2) is 15.6 Å². The third-order valence-corrected chi connectivity index (χ3v) is 4.04. The van der Waals surface area contributed by atoms with Crippen LogP contribution in [0.4, 0.5) is 5.69 Å². The van der Waals surface area contributed by atoms with Gasteiger partial charge in [-0.15, -0.1) is 11.3 Å². The lowest BCUT2D eigenvalue weighted by Crippen LogP contribution is -2.32. The topological polar surface area (TPSA) is 95.1 Å². The summed E-state index contributed by atoms with van der Waals surface area (Å²) in [4.78, 5) is 23.4. The van der Waals surface area contributed by atoms with Gasteiger partial charge in [0.25, 0.3) is 5.56 Å². The minimum absolute atomic E-state index is 0.156. The maximum absolute atomic E-state index is 12.3. The van der Waals surface area contributed by atoms with E-state index in [9.17, 15) is 9.59 Å². The normalized spacial score (nSPS) is 12.6. The van der Waals surface area contributed by atoms with E-state index < -0.39 is 11.5 Å². The molecule has 0 saturated heterocycles. The summed E-state index contributed by atoms with van der Waals surface area (Å²) in [5, 5.41) is 21.0. The summed E-state index contributed by atoms with van der Waals surface area (Å²) in [7, 11) is 0. The molecule has 0 radical (unpaired) electrons. The molecular weight excluding hydrogens is 302 g/mol. The van der Waals surface area contributed by atoms with Gasteiger partial charge in [-0.05, 0) is 19.1 Å². The number of aromatic nitrogens is 1. The van der Waals surface area contributed by atoms with E-state index in [0.717, 1.165) is 17.0 Å². The summed E-state index contributed by atoms with van der Waals surface area (Å²) in [6.07, 6.45) is 1.52. The monoisotopic (exact) mass is 315 g/mol. The summed E-state index contributed by atoms with van der Waals surface area (Å²) >= 11 is 0.983. The van der Waals surface area contributed by atoms with E-state index in [1.165, 1.54) is 10.8 Å². The lowest BCUT2D eigenvalue weighted by atomic mass is 10.3. The third kappa shape index (κ3) is 3.07. The van der Waals surface area contributed by atoms with Crippen LogP contribution >= 0.6 is 11.3 Å². The molecule has 2 rings (SSSR count). The van der Waals surface area contributed by atoms with Crippen molar-refractivity contribution in [2.24, 2.45) is 0 Å². The van der Waals surface area contributed by atoms with E-state index in [4.69, 9.17) is 10.4 Å². The number of carboxylic acid groups (broad SMARTS) is 1. The van der Waals surface area contributed by atoms with Crippen LogP contribution in [0.3, 0.4) is 0 Å². The molecule has 0 unspecified atom stereocenters. The number of anilines is 1. The Hall–Kier alpha value is -2.85. The highest BCUT2D eigenvalue weighted by molar-refractivity contribution is 7.07. The second-order valence-corrected chi connectivity index (χ2v) is 5.30. The molecule has 0 aliphatic rings. The zero-order valence-corrected chi connectivity index (χ0v) is 12.6. The minimum Gasteiger partial charge on any atom is -0.477 e. The van der Waals surface area contributed by atoms with Crippen molar-refractivity contribution in [2.45, 2.75) is 13.5 Å². The number of carbonyl (C=O) groups is 1. The predicted molar refractivity (Wildman–Crippen MR) is 84.7 cm³/mol. The number of hydrogen-bond donors (Lipinski definition) is 2. The summed E-state index contributed by atoms with van der Waals surface area (Å²) in [5.41, 5.74) is 0.0610. The van der Waals surface area contributed by atoms with Crippen molar-refractivity contribution in [3.05, 3.63) is 49.9 Å². The quantitative estimate of drug-likeness (QED) is 0.858. The molecule has 0 spiro atoms. The van der Waals surface area contributed by atoms with E-state index in [-0.39, 0.29) is 10.2 Å². The van der Waals surface area contributed by atoms with Crippen molar-refractivity contribution >= 4 is 34.8 Å². The van der Waals surface area contributed by atoms with Crippen LogP contribution in [0.15, 0.2) is 35.1 Å². The van der Waals surface area contributed by atoms with E-state index in [1.807, 2.05) is 30.3 Å². The van der Waals surface area contributed by atoms with Crippen molar-refractivity contribution in [1.82, 2.24) is 4.57 Å². The fraction of sp³-hybridized carbons (Fsp3) is 0.133. The second-order valence-electron chi connectivity index (χ2n) is 4.27. The SMILES string of the molecule is CCn1c(=C(C#N)C(=O)O)s/c(=C\Nc2ccccc2)c1=O. The molecule has 2 N–H and O–H groups in total. The molecule has 0 fully saturated rings. The van der Waals surface area contributed by atoms with Crippen LogP contribution < -0.4 is 20.1 Å². The molecule has 0 aliphatic carbocycles. The molecule has 1 heterocycles. The Kier molecular flexibility index (Phi) is 4.76. The highest BCUT2D eigenvalue weighted by Gasteiger charge is 2.13. The highest BCUT2D eigenvalue weighted by Crippen LogP contribution is 2.04. The Balaban J connectivity index is 2.62. The molecule has 6 nitrogen and oxygen atoms in total. The van der Waals surface area contributed by atoms with Crippen molar-refractivity contribution in [2.75, 3.05) is 5.32 Å². The van der Waals surface area contributed by atoms with Gasteiger partial charge in [-0.3, -0.25) is 9.36 Å². The van der Waals surface area contributed by atoms with Gasteiger partial charge in [0.15, 0.2) is 5.57 Å². The molecule has 0 bridgehead atoms. The fourth-order valence-electron chi connectivity index (χ4n) is 1.86. The number of nitriles is 1. The van der Waals surface area contributed by atoms with E-state index in [2.05, 4.69) is 5.32 Å². The zero-order chi connectivity index (χ0) is 16.1. The first kappa shape index (κ1) is 15.5. The van der Waals surface area contributed by atoms with E-state index >= 15 is 0 Å². The summed E-state index contributed by atoms with van der Waals surface area (Å²) in [5.74, 6) is -1.34. The van der Waals surface area contributed by atoms with E-state index in [1.54, 1.807) is 13.0 Å². The predicted octanol–water partition coefficient (Wildman–Crippen LogP) is 0.539. The zero-order valence-electron chi connectivity index (χ0n) is 11.7. The van der Waals surface area contributed by atoms with Gasteiger partial charge in [0.1, 0.15) is 15.3 Å². The first-order valence-electron chi connectivity index (χ1n) is 6.47. The molecule has 1 aromatic carbocycles. The van der Waals surface area contributed by atoms with Gasteiger partial charge in [-0.1, -0.05) is 18.2 Å².